The molecule has 1 amide bonds. The largest absolute Gasteiger partial charge is 2.00 e. The van der Waals surface area contributed by atoms with Gasteiger partial charge in [-0.3, -0.25) is 14.9 Å². The second kappa shape index (κ2) is 39.9. The van der Waals surface area contributed by atoms with Crippen molar-refractivity contribution in [2.45, 2.75) is 61.3 Å². The number of halogens is 2. The first kappa shape index (κ1) is 48.1. The van der Waals surface area contributed by atoms with Gasteiger partial charge in [-0.05, 0) is 27.8 Å². The molecule has 9 heteroatoms. The van der Waals surface area contributed by atoms with Crippen LogP contribution in [0.15, 0.2) is 0 Å². The Kier molecular flexibility index (Phi) is 61.9. The van der Waals surface area contributed by atoms with Gasteiger partial charge in [0.1, 0.15) is 12.5 Å². The molecule has 0 aromatic rings. The number of ketones is 1. The number of carbonyl (C=O) groups excluding carboxylic acids is 2. The summed E-state index contributed by atoms with van der Waals surface area (Å²) in [5.41, 5.74) is 0. The Morgan fingerprint density at radius 2 is 1.35 bits per heavy atom. The number of aliphatic hydroxyl groups excluding tert-OH is 2. The van der Waals surface area contributed by atoms with Gasteiger partial charge in [0, 0.05) is 31.7 Å². The van der Waals surface area contributed by atoms with Gasteiger partial charge in [-0.2, -0.15) is 13.8 Å². The minimum absolute atomic E-state index is 0. The molecule has 0 aliphatic rings. The number of nitrogens with one attached hydrogen (secondary N) is 1. The van der Waals surface area contributed by atoms with E-state index in [4.69, 9.17) is 10.2 Å². The number of hydrogen-bond donors (Lipinski definition) is 3. The SMILES string of the molecule is CC#CCC(C)C(=O)N(C)CO.CC#CCC(C)C(C)=O.CNCO.C[CH-]C.Cl.[Cl-].[Mg+2]. The average molecular weight is 494 g/mol. The standard InChI is InChI=1S/C9H15NO2.C8H12O.C3H7.C2H7NO.2ClH.Mg/c1-4-5-6-8(2)9(12)10(3)7-11;1-4-5-6-7(2)8(3)9;1-3-2;1-3-2-4;;;/h8,11H,6-7H2,1-3H3;7H,6H2,1-3H3;3H,1-2H3;3-4H,2H2,1H3;2*1H;/q;;-1;;;;+2/p-1. The zero-order valence-corrected chi connectivity index (χ0v) is 23.7. The van der Waals surface area contributed by atoms with Crippen LogP contribution in [0.2, 0.25) is 0 Å². The van der Waals surface area contributed by atoms with Gasteiger partial charge in [-0.15, -0.1) is 36.1 Å². The maximum Gasteiger partial charge on any atom is 2.00 e. The van der Waals surface area contributed by atoms with Gasteiger partial charge in [0.25, 0.3) is 0 Å². The summed E-state index contributed by atoms with van der Waals surface area (Å²) in [6.07, 6.45) is 3.26. The molecule has 31 heavy (non-hydrogen) atoms. The molecule has 0 aromatic carbocycles. The first-order chi connectivity index (χ1) is 13.1. The van der Waals surface area contributed by atoms with E-state index in [0.29, 0.717) is 12.8 Å². The van der Waals surface area contributed by atoms with Crippen LogP contribution < -0.4 is 17.7 Å². The first-order valence-electron chi connectivity index (χ1n) is 9.29. The molecule has 3 N–H and O–H groups in total. The predicted molar refractivity (Wildman–Crippen MR) is 130 cm³/mol. The number of amides is 1. The van der Waals surface area contributed by atoms with Crippen LogP contribution in [0.3, 0.4) is 0 Å². The number of rotatable bonds is 6. The van der Waals surface area contributed by atoms with E-state index in [9.17, 15) is 9.59 Å². The van der Waals surface area contributed by atoms with Crippen molar-refractivity contribution in [3.8, 4) is 23.7 Å². The zero-order valence-electron chi connectivity index (χ0n) is 20.7. The summed E-state index contributed by atoms with van der Waals surface area (Å²) in [5.74, 6) is 11.3. The van der Waals surface area contributed by atoms with Crippen molar-refractivity contribution in [2.75, 3.05) is 27.6 Å². The van der Waals surface area contributed by atoms with Gasteiger partial charge in [-0.25, -0.2) is 0 Å². The third kappa shape index (κ3) is 44.1. The van der Waals surface area contributed by atoms with Crippen LogP contribution in [0.5, 0.6) is 0 Å². The van der Waals surface area contributed by atoms with E-state index in [0.717, 1.165) is 0 Å². The van der Waals surface area contributed by atoms with Crippen LogP contribution in [-0.4, -0.2) is 77.4 Å². The van der Waals surface area contributed by atoms with Gasteiger partial charge >= 0.3 is 23.1 Å². The molecule has 0 fully saturated rings. The van der Waals surface area contributed by atoms with Gasteiger partial charge in [0.15, 0.2) is 0 Å². The van der Waals surface area contributed by atoms with E-state index in [2.05, 4.69) is 29.0 Å². The molecule has 0 aliphatic heterocycles. The van der Waals surface area contributed by atoms with Gasteiger partial charge < -0.3 is 33.9 Å². The van der Waals surface area contributed by atoms with E-state index in [1.54, 1.807) is 41.8 Å². The van der Waals surface area contributed by atoms with Crippen LogP contribution >= 0.6 is 12.4 Å². The third-order valence-electron chi connectivity index (χ3n) is 3.03. The Hall–Kier alpha value is -0.514. The van der Waals surface area contributed by atoms with Gasteiger partial charge in [-0.1, -0.05) is 13.8 Å². The molecule has 0 saturated heterocycles. The first-order valence-corrected chi connectivity index (χ1v) is 9.29. The van der Waals surface area contributed by atoms with E-state index < -0.39 is 0 Å². The summed E-state index contributed by atoms with van der Waals surface area (Å²) >= 11 is 0. The molecule has 0 rings (SSSR count). The van der Waals surface area contributed by atoms with Crippen molar-refractivity contribution < 1.29 is 32.2 Å². The number of nitrogens with zero attached hydrogens (tertiary/aromatic N) is 1. The van der Waals surface area contributed by atoms with Crippen LogP contribution in [0.25, 0.3) is 0 Å². The molecule has 0 spiro atoms. The fourth-order valence-corrected chi connectivity index (χ4v) is 1.19. The minimum Gasteiger partial charge on any atom is -1.00 e. The van der Waals surface area contributed by atoms with E-state index in [1.807, 2.05) is 27.2 Å². The van der Waals surface area contributed by atoms with Crippen LogP contribution in [0, 0.1) is 41.9 Å². The molecular formula is C22H42Cl2MgN2O4. The molecule has 0 aromatic heterocycles. The van der Waals surface area contributed by atoms with Crippen LogP contribution in [-0.2, 0) is 9.59 Å². The van der Waals surface area contributed by atoms with Crippen molar-refractivity contribution in [2.24, 2.45) is 11.8 Å². The number of Topliss-reactive ketones (excluding diaryl/α,β-unsaturated/α-hetero) is 1. The van der Waals surface area contributed by atoms with Crippen LogP contribution in [0.4, 0.5) is 0 Å². The molecule has 0 radical (unpaired) electrons. The maximum absolute atomic E-state index is 11.3. The third-order valence-corrected chi connectivity index (χ3v) is 3.03. The normalized spacial score (nSPS) is 9.26. The van der Waals surface area contributed by atoms with E-state index >= 15 is 0 Å². The Labute approximate surface area is 219 Å². The van der Waals surface area contributed by atoms with Crippen molar-refractivity contribution in [1.82, 2.24) is 10.2 Å². The smallest absolute Gasteiger partial charge is 1.00 e. The summed E-state index contributed by atoms with van der Waals surface area (Å²) in [6.45, 7) is 12.7. The average Bonchev–Trinajstić information content (AvgIpc) is 2.69. The summed E-state index contributed by atoms with van der Waals surface area (Å²) in [5, 5.41) is 18.9. The summed E-state index contributed by atoms with van der Waals surface area (Å²) < 4.78 is 0. The Balaban J connectivity index is -0.0000000540. The number of carbonyl (C=O) groups is 2. The second-order valence-corrected chi connectivity index (χ2v) is 5.94. The zero-order chi connectivity index (χ0) is 23.0. The summed E-state index contributed by atoms with van der Waals surface area (Å²) in [7, 11) is 3.25. The quantitative estimate of drug-likeness (QED) is 0.201. The molecule has 0 saturated carbocycles. The van der Waals surface area contributed by atoms with Crippen LogP contribution in [0.1, 0.15) is 61.3 Å². The number of aliphatic hydroxyl groups is 2. The van der Waals surface area contributed by atoms with Crippen molar-refractivity contribution in [3.05, 3.63) is 6.42 Å². The van der Waals surface area contributed by atoms with Crippen molar-refractivity contribution >= 4 is 47.2 Å². The van der Waals surface area contributed by atoms with Crippen molar-refractivity contribution in [3.63, 3.8) is 0 Å². The predicted octanol–water partition coefficient (Wildman–Crippen LogP) is -0.500. The molecule has 180 valence electrons. The Bertz CT molecular complexity index is 499. The minimum atomic E-state index is -0.233. The van der Waals surface area contributed by atoms with E-state index in [1.165, 1.54) is 4.90 Å². The molecular weight excluding hydrogens is 451 g/mol. The fourth-order valence-electron chi connectivity index (χ4n) is 1.19. The Morgan fingerprint density at radius 1 is 1.03 bits per heavy atom. The molecule has 2 atom stereocenters. The molecule has 0 bridgehead atoms. The van der Waals surface area contributed by atoms with Gasteiger partial charge in [0.05, 0.1) is 6.73 Å². The second-order valence-electron chi connectivity index (χ2n) is 5.94. The molecule has 6 nitrogen and oxygen atoms in total. The topological polar surface area (TPSA) is 89.9 Å². The Morgan fingerprint density at radius 3 is 1.58 bits per heavy atom. The summed E-state index contributed by atoms with van der Waals surface area (Å²) in [4.78, 5) is 23.1. The summed E-state index contributed by atoms with van der Waals surface area (Å²) in [6, 6.07) is 0. The van der Waals surface area contributed by atoms with Crippen molar-refractivity contribution in [1.29, 1.82) is 0 Å². The fraction of sp³-hybridized carbons (Fsp3) is 0.682. The molecule has 0 aliphatic carbocycles. The molecule has 2 unspecified atom stereocenters. The maximum atomic E-state index is 11.3. The van der Waals surface area contributed by atoms with E-state index in [-0.39, 0.29) is 84.9 Å². The number of hydrogen-bond acceptors (Lipinski definition) is 5. The van der Waals surface area contributed by atoms with Gasteiger partial charge in [0.2, 0.25) is 5.91 Å². The molecule has 0 heterocycles. The monoisotopic (exact) mass is 492 g/mol.